The number of aromatic hydroxyl groups is 2. The summed E-state index contributed by atoms with van der Waals surface area (Å²) >= 11 is 0. The lowest BCUT2D eigenvalue weighted by Gasteiger charge is -2.17. The number of amides is 4. The van der Waals surface area contributed by atoms with E-state index in [0.717, 1.165) is 70.5 Å². The van der Waals surface area contributed by atoms with Crippen LogP contribution >= 0.6 is 0 Å². The summed E-state index contributed by atoms with van der Waals surface area (Å²) < 4.78 is 0. The predicted molar refractivity (Wildman–Crippen MR) is 173 cm³/mol. The summed E-state index contributed by atoms with van der Waals surface area (Å²) in [7, 11) is 0. The molecule has 0 radical (unpaired) electrons. The summed E-state index contributed by atoms with van der Waals surface area (Å²) in [5.41, 5.74) is 21.9. The Kier molecular flexibility index (Phi) is 20.1. The second kappa shape index (κ2) is 23.3. The maximum atomic E-state index is 12.6. The molecule has 1 rings (SSSR count). The lowest BCUT2D eigenvalue weighted by molar-refractivity contribution is -0.131. The molecule has 0 spiro atoms. The van der Waals surface area contributed by atoms with E-state index in [4.69, 9.17) is 22.9 Å². The van der Waals surface area contributed by atoms with Gasteiger partial charge in [0.15, 0.2) is 5.96 Å². The van der Waals surface area contributed by atoms with E-state index >= 15 is 0 Å². The van der Waals surface area contributed by atoms with Crippen molar-refractivity contribution in [2.24, 2.45) is 27.9 Å². The maximum Gasteiger partial charge on any atom is 0.243 e. The third-order valence-electron chi connectivity index (χ3n) is 6.94. The second-order valence-corrected chi connectivity index (χ2v) is 11.0. The van der Waals surface area contributed by atoms with Gasteiger partial charge in [0.1, 0.15) is 17.5 Å². The van der Waals surface area contributed by atoms with Crippen LogP contribution in [0.25, 0.3) is 0 Å². The van der Waals surface area contributed by atoms with E-state index < -0.39 is 29.8 Å². The Labute approximate surface area is 265 Å². The van der Waals surface area contributed by atoms with Gasteiger partial charge in [-0.3, -0.25) is 24.2 Å². The molecule has 45 heavy (non-hydrogen) atoms. The van der Waals surface area contributed by atoms with Crippen LogP contribution in [0.4, 0.5) is 0 Å². The highest BCUT2D eigenvalue weighted by molar-refractivity contribution is 5.92. The highest BCUT2D eigenvalue weighted by Crippen LogP contribution is 2.22. The molecule has 1 aromatic carbocycles. The lowest BCUT2D eigenvalue weighted by atomic mass is 10.1. The van der Waals surface area contributed by atoms with Crippen molar-refractivity contribution in [3.8, 4) is 11.5 Å². The van der Waals surface area contributed by atoms with E-state index in [2.05, 4.69) is 26.3 Å². The van der Waals surface area contributed by atoms with E-state index in [0.29, 0.717) is 32.5 Å². The Morgan fingerprint density at radius 1 is 0.778 bits per heavy atom. The van der Waals surface area contributed by atoms with Crippen molar-refractivity contribution in [2.45, 2.75) is 89.1 Å². The largest absolute Gasteiger partial charge is 0.508 e. The number of hydrogen-bond acceptors (Lipinski definition) is 9. The molecule has 0 bridgehead atoms. The van der Waals surface area contributed by atoms with Gasteiger partial charge >= 0.3 is 0 Å². The number of benzene rings is 1. The summed E-state index contributed by atoms with van der Waals surface area (Å²) in [6, 6.07) is 2.17. The van der Waals surface area contributed by atoms with Crippen molar-refractivity contribution in [1.82, 2.24) is 21.3 Å². The van der Waals surface area contributed by atoms with E-state index in [-0.39, 0.29) is 41.8 Å². The molecule has 4 amide bonds. The molecule has 2 atom stereocenters. The number of primary amides is 1. The summed E-state index contributed by atoms with van der Waals surface area (Å²) in [5, 5.41) is 30.7. The fraction of sp³-hybridized carbons (Fsp3) is 0.633. The van der Waals surface area contributed by atoms with Gasteiger partial charge in [0, 0.05) is 31.3 Å². The molecule has 0 saturated heterocycles. The van der Waals surface area contributed by atoms with Gasteiger partial charge in [0.25, 0.3) is 0 Å². The molecular weight excluding hydrogens is 582 g/mol. The van der Waals surface area contributed by atoms with Gasteiger partial charge < -0.3 is 54.4 Å². The first-order valence-corrected chi connectivity index (χ1v) is 15.6. The van der Waals surface area contributed by atoms with Crippen LogP contribution in [0.5, 0.6) is 11.5 Å². The number of phenolic OH excluding ortho intramolecular Hbond substituents is 2. The third-order valence-corrected chi connectivity index (χ3v) is 6.94. The number of carbonyl (C=O) groups excluding carboxylic acids is 4. The Morgan fingerprint density at radius 3 is 2.02 bits per heavy atom. The van der Waals surface area contributed by atoms with E-state index in [1.165, 1.54) is 12.1 Å². The number of nitrogens with zero attached hydrogens (tertiary/aromatic N) is 1. The first-order valence-electron chi connectivity index (χ1n) is 15.6. The van der Waals surface area contributed by atoms with Crippen LogP contribution in [-0.4, -0.2) is 84.6 Å². The number of unbranched alkanes of at least 4 members (excludes halogenated alkanes) is 6. The van der Waals surface area contributed by atoms with E-state index in [9.17, 15) is 29.4 Å². The molecule has 0 aromatic heterocycles. The van der Waals surface area contributed by atoms with Crippen LogP contribution in [-0.2, 0) is 25.6 Å². The Balaban J connectivity index is 2.05. The van der Waals surface area contributed by atoms with Crippen LogP contribution in [0.1, 0.15) is 76.2 Å². The summed E-state index contributed by atoms with van der Waals surface area (Å²) in [6.07, 6.45) is 8.57. The quantitative estimate of drug-likeness (QED) is 0.0367. The van der Waals surface area contributed by atoms with Crippen LogP contribution in [0.2, 0.25) is 0 Å². The van der Waals surface area contributed by atoms with Crippen molar-refractivity contribution in [2.75, 3.05) is 32.7 Å². The van der Waals surface area contributed by atoms with Crippen LogP contribution in [0.15, 0.2) is 23.2 Å². The van der Waals surface area contributed by atoms with Crippen LogP contribution < -0.4 is 44.2 Å². The third kappa shape index (κ3) is 19.7. The number of hydrogen-bond donors (Lipinski definition) is 10. The Bertz CT molecular complexity index is 1080. The van der Waals surface area contributed by atoms with E-state index in [1.54, 1.807) is 0 Å². The minimum absolute atomic E-state index is 0.0332. The zero-order chi connectivity index (χ0) is 33.5. The topological polar surface area (TPSA) is 273 Å². The maximum absolute atomic E-state index is 12.6. The molecule has 0 aliphatic carbocycles. The zero-order valence-corrected chi connectivity index (χ0v) is 26.2. The molecule has 14 N–H and O–H groups in total. The lowest BCUT2D eigenvalue weighted by Crippen LogP contribution is -2.49. The Morgan fingerprint density at radius 2 is 1.38 bits per heavy atom. The number of nitrogens with one attached hydrogen (secondary N) is 4. The van der Waals surface area contributed by atoms with Gasteiger partial charge in [0.05, 0.1) is 18.9 Å². The van der Waals surface area contributed by atoms with Crippen LogP contribution in [0.3, 0.4) is 0 Å². The minimum Gasteiger partial charge on any atom is -0.508 e. The van der Waals surface area contributed by atoms with Gasteiger partial charge in [-0.1, -0.05) is 38.2 Å². The summed E-state index contributed by atoms with van der Waals surface area (Å²) in [6.45, 7) is 3.18. The van der Waals surface area contributed by atoms with Crippen molar-refractivity contribution in [1.29, 1.82) is 0 Å². The zero-order valence-electron chi connectivity index (χ0n) is 26.2. The molecule has 15 nitrogen and oxygen atoms in total. The van der Waals surface area contributed by atoms with Gasteiger partial charge in [0.2, 0.25) is 23.6 Å². The number of guanidine groups is 1. The average molecular weight is 636 g/mol. The molecule has 1 aromatic rings. The fourth-order valence-electron chi connectivity index (χ4n) is 4.46. The van der Waals surface area contributed by atoms with Crippen molar-refractivity contribution in [3.63, 3.8) is 0 Å². The monoisotopic (exact) mass is 635 g/mol. The first-order chi connectivity index (χ1) is 21.5. The van der Waals surface area contributed by atoms with Crippen molar-refractivity contribution >= 4 is 29.6 Å². The molecule has 0 heterocycles. The standard InChI is InChI=1S/C30H53N9O6/c31-23(10-8-16-38-30(33)34)28(44)36-17-9-14-35-13-6-4-2-1-3-5-7-15-37-29(45)24(20-26(32)42)39-27(43)18-21-11-12-22(40)19-25(21)41/h11-12,19,23-24,35,40-41H,1-10,13-18,20,31H2,(H2,32,42)(H,36,44)(H,37,45)(H,39,43)(H4,33,34,38)/t23-,24-/m0/s1. The highest BCUT2D eigenvalue weighted by Gasteiger charge is 2.23. The van der Waals surface area contributed by atoms with Crippen LogP contribution in [0, 0.1) is 0 Å². The smallest absolute Gasteiger partial charge is 0.243 e. The number of aliphatic imine (C=N–C) groups is 1. The predicted octanol–water partition coefficient (Wildman–Crippen LogP) is -0.676. The fourth-order valence-corrected chi connectivity index (χ4v) is 4.46. The Hall–Kier alpha value is -4.11. The second-order valence-electron chi connectivity index (χ2n) is 11.0. The molecule has 0 aliphatic rings. The molecule has 0 fully saturated rings. The number of phenols is 2. The molecular formula is C30H53N9O6. The SMILES string of the molecule is NC(=O)C[C@H](NC(=O)Cc1ccc(O)cc1O)C(=O)NCCCCCCCCCNCCCNC(=O)[C@@H](N)CCCN=C(N)N. The highest BCUT2D eigenvalue weighted by atomic mass is 16.3. The van der Waals surface area contributed by atoms with Gasteiger partial charge in [-0.25, -0.2) is 0 Å². The van der Waals surface area contributed by atoms with Gasteiger partial charge in [-0.05, 0) is 51.3 Å². The first kappa shape index (κ1) is 38.9. The van der Waals surface area contributed by atoms with Gasteiger partial charge in [-0.15, -0.1) is 0 Å². The normalized spacial score (nSPS) is 12.1. The summed E-state index contributed by atoms with van der Waals surface area (Å²) in [4.78, 5) is 52.2. The van der Waals surface area contributed by atoms with Crippen molar-refractivity contribution < 1.29 is 29.4 Å². The molecule has 0 aliphatic heterocycles. The number of nitrogens with two attached hydrogens (primary N) is 4. The average Bonchev–Trinajstić information content (AvgIpc) is 2.97. The minimum atomic E-state index is -1.11. The molecule has 0 unspecified atom stereocenters. The molecule has 254 valence electrons. The number of rotatable bonds is 25. The number of carbonyl (C=O) groups is 4. The molecule has 15 heteroatoms. The van der Waals surface area contributed by atoms with E-state index in [1.807, 2.05) is 0 Å². The van der Waals surface area contributed by atoms with Gasteiger partial charge in [-0.2, -0.15) is 0 Å². The van der Waals surface area contributed by atoms with Crippen molar-refractivity contribution in [3.05, 3.63) is 23.8 Å². The molecule has 0 saturated carbocycles. The summed E-state index contributed by atoms with van der Waals surface area (Å²) in [5.74, 6) is -2.30.